The van der Waals surface area contributed by atoms with Crippen LogP contribution < -0.4 is 4.72 Å². The number of sulfonamides is 1. The molecule has 20 heavy (non-hydrogen) atoms. The molecule has 0 amide bonds. The number of aliphatic carboxylic acids is 1. The Hall–Kier alpha value is -0.960. The Kier molecular flexibility index (Phi) is 4.79. The van der Waals surface area contributed by atoms with Crippen molar-refractivity contribution in [2.24, 2.45) is 0 Å². The van der Waals surface area contributed by atoms with Crippen LogP contribution in [-0.4, -0.2) is 49.6 Å². The molecule has 1 aliphatic heterocycles. The van der Waals surface area contributed by atoms with Crippen LogP contribution in [0.3, 0.4) is 0 Å². The van der Waals surface area contributed by atoms with Crippen molar-refractivity contribution < 1.29 is 18.3 Å². The third kappa shape index (κ3) is 3.57. The van der Waals surface area contributed by atoms with E-state index < -0.39 is 22.0 Å². The van der Waals surface area contributed by atoms with E-state index in [-0.39, 0.29) is 6.04 Å². The lowest BCUT2D eigenvalue weighted by atomic mass is 10.0. The number of hydrogen-bond donors (Lipinski definition) is 2. The highest BCUT2D eigenvalue weighted by Crippen LogP contribution is 2.19. The van der Waals surface area contributed by atoms with E-state index in [0.717, 1.165) is 0 Å². The predicted molar refractivity (Wildman–Crippen MR) is 76.3 cm³/mol. The Morgan fingerprint density at radius 2 is 2.15 bits per heavy atom. The van der Waals surface area contributed by atoms with Crippen LogP contribution >= 0.6 is 11.3 Å². The zero-order valence-corrected chi connectivity index (χ0v) is 12.8. The van der Waals surface area contributed by atoms with Crippen LogP contribution in [0, 0.1) is 0 Å². The monoisotopic (exact) mass is 318 g/mol. The number of piperidine rings is 1. The molecule has 0 aliphatic carbocycles. The molecule has 112 valence electrons. The molecule has 0 aromatic carbocycles. The topological polar surface area (TPSA) is 86.7 Å². The molecule has 0 spiro atoms. The zero-order valence-electron chi connectivity index (χ0n) is 11.2. The van der Waals surface area contributed by atoms with Gasteiger partial charge in [0.1, 0.15) is 10.3 Å². The second-order valence-corrected chi connectivity index (χ2v) is 7.77. The van der Waals surface area contributed by atoms with Gasteiger partial charge in [-0.25, -0.2) is 13.1 Å². The normalized spacial score (nSPS) is 19.9. The molecule has 1 aromatic rings. The van der Waals surface area contributed by atoms with Crippen molar-refractivity contribution in [1.29, 1.82) is 0 Å². The lowest BCUT2D eigenvalue weighted by Crippen LogP contribution is -2.49. The Balaban J connectivity index is 1.91. The number of rotatable bonds is 5. The summed E-state index contributed by atoms with van der Waals surface area (Å²) in [4.78, 5) is 12.8. The van der Waals surface area contributed by atoms with Gasteiger partial charge in [-0.2, -0.15) is 0 Å². The maximum Gasteiger partial charge on any atom is 0.320 e. The first-order valence-electron chi connectivity index (χ1n) is 6.43. The van der Waals surface area contributed by atoms with Crippen LogP contribution in [0.2, 0.25) is 0 Å². The first-order valence-corrected chi connectivity index (χ1v) is 8.79. The number of thiophene rings is 1. The maximum atomic E-state index is 12.1. The second-order valence-electron chi connectivity index (χ2n) is 4.88. The lowest BCUT2D eigenvalue weighted by Gasteiger charge is -2.34. The van der Waals surface area contributed by atoms with Gasteiger partial charge in [-0.3, -0.25) is 9.69 Å². The minimum atomic E-state index is -3.44. The highest BCUT2D eigenvalue weighted by atomic mass is 32.2. The molecular formula is C12H18N2O4S2. The summed E-state index contributed by atoms with van der Waals surface area (Å²) < 4.78 is 27.2. The average molecular weight is 318 g/mol. The van der Waals surface area contributed by atoms with Gasteiger partial charge in [0.25, 0.3) is 0 Å². The molecule has 0 saturated carbocycles. The van der Waals surface area contributed by atoms with Crippen molar-refractivity contribution in [3.8, 4) is 0 Å². The van der Waals surface area contributed by atoms with Crippen LogP contribution in [0.4, 0.5) is 0 Å². The molecule has 1 aromatic heterocycles. The predicted octanol–water partition coefficient (Wildman–Crippen LogP) is 0.964. The maximum absolute atomic E-state index is 12.1. The Morgan fingerprint density at radius 3 is 2.65 bits per heavy atom. The fraction of sp³-hybridized carbons (Fsp3) is 0.583. The summed E-state index contributed by atoms with van der Waals surface area (Å²) in [5.41, 5.74) is 0. The van der Waals surface area contributed by atoms with E-state index in [1.807, 2.05) is 4.90 Å². The van der Waals surface area contributed by atoms with Gasteiger partial charge >= 0.3 is 5.97 Å². The SMILES string of the molecule is CC(C(=O)O)N1CCC(NS(=O)(=O)c2cccs2)CC1. The van der Waals surface area contributed by atoms with Crippen molar-refractivity contribution in [2.75, 3.05) is 13.1 Å². The fourth-order valence-corrected chi connectivity index (χ4v) is 4.57. The highest BCUT2D eigenvalue weighted by molar-refractivity contribution is 7.91. The molecule has 2 rings (SSSR count). The zero-order chi connectivity index (χ0) is 14.8. The van der Waals surface area contributed by atoms with E-state index in [9.17, 15) is 13.2 Å². The minimum absolute atomic E-state index is 0.126. The fourth-order valence-electron chi connectivity index (χ4n) is 2.25. The summed E-state index contributed by atoms with van der Waals surface area (Å²) >= 11 is 1.19. The molecule has 6 nitrogen and oxygen atoms in total. The van der Waals surface area contributed by atoms with E-state index in [1.165, 1.54) is 11.3 Å². The number of nitrogens with zero attached hydrogens (tertiary/aromatic N) is 1. The van der Waals surface area contributed by atoms with E-state index >= 15 is 0 Å². The number of likely N-dealkylation sites (tertiary alicyclic amines) is 1. The third-order valence-corrected chi connectivity index (χ3v) is 6.43. The first kappa shape index (κ1) is 15.4. The summed E-state index contributed by atoms with van der Waals surface area (Å²) in [6, 6.07) is 2.63. The van der Waals surface area contributed by atoms with Crippen LogP contribution in [0.25, 0.3) is 0 Å². The van der Waals surface area contributed by atoms with Crippen molar-refractivity contribution >= 4 is 27.3 Å². The van der Waals surface area contributed by atoms with Gasteiger partial charge in [-0.05, 0) is 31.2 Å². The van der Waals surface area contributed by atoms with E-state index in [0.29, 0.717) is 30.1 Å². The van der Waals surface area contributed by atoms with Crippen LogP contribution in [0.15, 0.2) is 21.7 Å². The van der Waals surface area contributed by atoms with Crippen molar-refractivity contribution in [2.45, 2.75) is 36.1 Å². The lowest BCUT2D eigenvalue weighted by molar-refractivity contribution is -0.143. The molecule has 1 saturated heterocycles. The summed E-state index contributed by atoms with van der Waals surface area (Å²) in [6.07, 6.45) is 1.25. The average Bonchev–Trinajstić information content (AvgIpc) is 2.93. The van der Waals surface area contributed by atoms with Gasteiger partial charge in [0.05, 0.1) is 0 Å². The van der Waals surface area contributed by atoms with Crippen molar-refractivity contribution in [3.63, 3.8) is 0 Å². The van der Waals surface area contributed by atoms with Crippen LogP contribution in [0.1, 0.15) is 19.8 Å². The number of nitrogens with one attached hydrogen (secondary N) is 1. The molecule has 1 fully saturated rings. The Bertz CT molecular complexity index is 548. The van der Waals surface area contributed by atoms with Crippen LogP contribution in [-0.2, 0) is 14.8 Å². The van der Waals surface area contributed by atoms with E-state index in [2.05, 4.69) is 4.72 Å². The molecule has 0 bridgehead atoms. The van der Waals surface area contributed by atoms with Crippen molar-refractivity contribution in [1.82, 2.24) is 9.62 Å². The molecule has 2 N–H and O–H groups in total. The molecule has 1 aliphatic rings. The summed E-state index contributed by atoms with van der Waals surface area (Å²) in [6.45, 7) is 2.83. The first-order chi connectivity index (χ1) is 9.40. The van der Waals surface area contributed by atoms with Gasteiger partial charge in [0.15, 0.2) is 0 Å². The highest BCUT2D eigenvalue weighted by Gasteiger charge is 2.29. The van der Waals surface area contributed by atoms with Gasteiger partial charge < -0.3 is 5.11 Å². The van der Waals surface area contributed by atoms with E-state index in [4.69, 9.17) is 5.11 Å². The molecular weight excluding hydrogens is 300 g/mol. The van der Waals surface area contributed by atoms with E-state index in [1.54, 1.807) is 24.4 Å². The largest absolute Gasteiger partial charge is 0.480 e. The number of carboxylic acids is 1. The van der Waals surface area contributed by atoms with Crippen molar-refractivity contribution in [3.05, 3.63) is 17.5 Å². The molecule has 1 unspecified atom stereocenters. The smallest absolute Gasteiger partial charge is 0.320 e. The van der Waals surface area contributed by atoms with Gasteiger partial charge in [0, 0.05) is 19.1 Å². The van der Waals surface area contributed by atoms with Gasteiger partial charge in [0.2, 0.25) is 10.0 Å². The van der Waals surface area contributed by atoms with Gasteiger partial charge in [-0.15, -0.1) is 11.3 Å². The Morgan fingerprint density at radius 1 is 1.50 bits per heavy atom. The third-order valence-electron chi connectivity index (χ3n) is 3.52. The minimum Gasteiger partial charge on any atom is -0.480 e. The van der Waals surface area contributed by atoms with Gasteiger partial charge in [-0.1, -0.05) is 6.07 Å². The standard InChI is InChI=1S/C12H18N2O4S2/c1-9(12(15)16)14-6-4-10(5-7-14)13-20(17,18)11-3-2-8-19-11/h2-3,8-10,13H,4-7H2,1H3,(H,15,16). The molecule has 1 atom stereocenters. The number of carboxylic acid groups (broad SMARTS) is 1. The summed E-state index contributed by atoms with van der Waals surface area (Å²) in [7, 11) is -3.44. The number of hydrogen-bond acceptors (Lipinski definition) is 5. The second kappa shape index (κ2) is 6.21. The number of carbonyl (C=O) groups is 1. The summed E-state index contributed by atoms with van der Waals surface area (Å²) in [5, 5.41) is 10.7. The molecule has 2 heterocycles. The molecule has 8 heteroatoms. The van der Waals surface area contributed by atoms with Crippen LogP contribution in [0.5, 0.6) is 0 Å². The Labute approximate surface area is 122 Å². The quantitative estimate of drug-likeness (QED) is 0.844. The molecule has 0 radical (unpaired) electrons. The summed E-state index contributed by atoms with van der Waals surface area (Å²) in [5.74, 6) is -0.845.